The van der Waals surface area contributed by atoms with Crippen LogP contribution in [0.25, 0.3) is 0 Å². The Kier molecular flexibility index (Phi) is 5.51. The molecule has 0 bridgehead atoms. The Morgan fingerprint density at radius 3 is 2.08 bits per heavy atom. The second-order valence-corrected chi connectivity index (χ2v) is 4.64. The first kappa shape index (κ1) is 11.9. The Hall–Kier alpha value is -0.0800. The number of hydrogen-bond acceptors (Lipinski definition) is 2. The standard InChI is InChI=1S/C10H24N2/c1-10(2,3)8-9(12-5)6-7-11-4/h9,11-12H,6-8H2,1-5H3. The van der Waals surface area contributed by atoms with Gasteiger partial charge in [0, 0.05) is 6.04 Å². The molecule has 0 radical (unpaired) electrons. The lowest BCUT2D eigenvalue weighted by Gasteiger charge is -2.25. The van der Waals surface area contributed by atoms with Crippen molar-refractivity contribution in [2.24, 2.45) is 5.41 Å². The number of rotatable bonds is 5. The van der Waals surface area contributed by atoms with E-state index in [0.717, 1.165) is 6.54 Å². The molecule has 0 saturated carbocycles. The molecule has 1 unspecified atom stereocenters. The molecule has 0 aromatic rings. The second kappa shape index (κ2) is 5.55. The van der Waals surface area contributed by atoms with Crippen LogP contribution in [0.5, 0.6) is 0 Å². The smallest absolute Gasteiger partial charge is 0.00811 e. The monoisotopic (exact) mass is 172 g/mol. The van der Waals surface area contributed by atoms with Gasteiger partial charge in [0.1, 0.15) is 0 Å². The summed E-state index contributed by atoms with van der Waals surface area (Å²) in [6.45, 7) is 7.96. The molecule has 0 aliphatic heterocycles. The van der Waals surface area contributed by atoms with Crippen LogP contribution in [0.4, 0.5) is 0 Å². The van der Waals surface area contributed by atoms with Gasteiger partial charge in [0.05, 0.1) is 0 Å². The summed E-state index contributed by atoms with van der Waals surface area (Å²) in [4.78, 5) is 0. The molecule has 0 rings (SSSR count). The topological polar surface area (TPSA) is 24.1 Å². The number of nitrogens with one attached hydrogen (secondary N) is 2. The van der Waals surface area contributed by atoms with E-state index in [0.29, 0.717) is 11.5 Å². The molecule has 2 heteroatoms. The van der Waals surface area contributed by atoms with Gasteiger partial charge < -0.3 is 10.6 Å². The summed E-state index contributed by atoms with van der Waals surface area (Å²) in [6, 6.07) is 0.650. The van der Waals surface area contributed by atoms with Crippen LogP contribution in [0.2, 0.25) is 0 Å². The summed E-state index contributed by atoms with van der Waals surface area (Å²) in [6.07, 6.45) is 2.45. The molecular weight excluding hydrogens is 148 g/mol. The zero-order valence-electron chi connectivity index (χ0n) is 9.20. The van der Waals surface area contributed by atoms with E-state index in [1.54, 1.807) is 0 Å². The van der Waals surface area contributed by atoms with Gasteiger partial charge >= 0.3 is 0 Å². The number of hydrogen-bond donors (Lipinski definition) is 2. The maximum atomic E-state index is 3.35. The van der Waals surface area contributed by atoms with E-state index < -0.39 is 0 Å². The average Bonchev–Trinajstić information content (AvgIpc) is 1.95. The lowest BCUT2D eigenvalue weighted by atomic mass is 9.87. The van der Waals surface area contributed by atoms with E-state index in [2.05, 4.69) is 31.4 Å². The Morgan fingerprint density at radius 2 is 1.75 bits per heavy atom. The van der Waals surface area contributed by atoms with Gasteiger partial charge in [-0.3, -0.25) is 0 Å². The summed E-state index contributed by atoms with van der Waals surface area (Å²) in [5, 5.41) is 6.53. The molecule has 1 atom stereocenters. The molecule has 0 fully saturated rings. The molecule has 2 nitrogen and oxygen atoms in total. The highest BCUT2D eigenvalue weighted by Gasteiger charge is 2.16. The van der Waals surface area contributed by atoms with Gasteiger partial charge in [-0.1, -0.05) is 20.8 Å². The molecule has 0 aromatic heterocycles. The summed E-state index contributed by atoms with van der Waals surface area (Å²) < 4.78 is 0. The van der Waals surface area contributed by atoms with E-state index in [4.69, 9.17) is 0 Å². The first-order valence-corrected chi connectivity index (χ1v) is 4.81. The lowest BCUT2D eigenvalue weighted by Crippen LogP contribution is -2.32. The molecule has 0 aliphatic rings. The Bertz CT molecular complexity index is 105. The zero-order valence-corrected chi connectivity index (χ0v) is 9.20. The molecule has 0 saturated heterocycles. The first-order chi connectivity index (χ1) is 5.49. The first-order valence-electron chi connectivity index (χ1n) is 4.81. The molecule has 0 heterocycles. The Labute approximate surface area is 77.1 Å². The van der Waals surface area contributed by atoms with Crippen LogP contribution in [-0.2, 0) is 0 Å². The van der Waals surface area contributed by atoms with Crippen molar-refractivity contribution in [1.29, 1.82) is 0 Å². The SMILES string of the molecule is CNCCC(CC(C)(C)C)NC. The van der Waals surface area contributed by atoms with Gasteiger partial charge in [0.15, 0.2) is 0 Å². The highest BCUT2D eigenvalue weighted by atomic mass is 14.9. The van der Waals surface area contributed by atoms with Crippen LogP contribution >= 0.6 is 0 Å². The fourth-order valence-corrected chi connectivity index (χ4v) is 1.41. The van der Waals surface area contributed by atoms with Crippen LogP contribution in [0.3, 0.4) is 0 Å². The van der Waals surface area contributed by atoms with Crippen molar-refractivity contribution in [2.75, 3.05) is 20.6 Å². The Morgan fingerprint density at radius 1 is 1.17 bits per heavy atom. The average molecular weight is 172 g/mol. The predicted octanol–water partition coefficient (Wildman–Crippen LogP) is 1.62. The van der Waals surface area contributed by atoms with Gasteiger partial charge in [-0.15, -0.1) is 0 Å². The van der Waals surface area contributed by atoms with E-state index in [1.807, 2.05) is 14.1 Å². The van der Waals surface area contributed by atoms with E-state index in [9.17, 15) is 0 Å². The minimum absolute atomic E-state index is 0.432. The van der Waals surface area contributed by atoms with Crippen molar-refractivity contribution in [2.45, 2.75) is 39.7 Å². The van der Waals surface area contributed by atoms with Crippen molar-refractivity contribution in [3.8, 4) is 0 Å². The zero-order chi connectivity index (χ0) is 9.61. The molecule has 2 N–H and O–H groups in total. The molecule has 0 spiro atoms. The maximum Gasteiger partial charge on any atom is 0.00811 e. The third-order valence-electron chi connectivity index (χ3n) is 2.01. The van der Waals surface area contributed by atoms with Crippen LogP contribution in [0.1, 0.15) is 33.6 Å². The normalized spacial score (nSPS) is 14.8. The Balaban J connectivity index is 3.67. The summed E-state index contributed by atoms with van der Waals surface area (Å²) in [7, 11) is 4.05. The molecule has 0 aliphatic carbocycles. The summed E-state index contributed by atoms with van der Waals surface area (Å²) >= 11 is 0. The van der Waals surface area contributed by atoms with Crippen molar-refractivity contribution in [1.82, 2.24) is 10.6 Å². The van der Waals surface area contributed by atoms with Gasteiger partial charge in [0.25, 0.3) is 0 Å². The predicted molar refractivity (Wildman–Crippen MR) is 55.5 cm³/mol. The summed E-state index contributed by atoms with van der Waals surface area (Å²) in [5.41, 5.74) is 0.432. The van der Waals surface area contributed by atoms with Crippen LogP contribution in [0, 0.1) is 5.41 Å². The largest absolute Gasteiger partial charge is 0.320 e. The van der Waals surface area contributed by atoms with Crippen molar-refractivity contribution >= 4 is 0 Å². The molecular formula is C10H24N2. The quantitative estimate of drug-likeness (QED) is 0.658. The van der Waals surface area contributed by atoms with E-state index >= 15 is 0 Å². The highest BCUT2D eigenvalue weighted by Crippen LogP contribution is 2.21. The van der Waals surface area contributed by atoms with Gasteiger partial charge in [-0.05, 0) is 38.9 Å². The highest BCUT2D eigenvalue weighted by molar-refractivity contribution is 4.73. The van der Waals surface area contributed by atoms with Gasteiger partial charge in [0.2, 0.25) is 0 Å². The molecule has 12 heavy (non-hydrogen) atoms. The molecule has 74 valence electrons. The van der Waals surface area contributed by atoms with Crippen LogP contribution in [-0.4, -0.2) is 26.7 Å². The van der Waals surface area contributed by atoms with Gasteiger partial charge in [-0.2, -0.15) is 0 Å². The van der Waals surface area contributed by atoms with E-state index in [1.165, 1.54) is 12.8 Å². The van der Waals surface area contributed by atoms with Gasteiger partial charge in [-0.25, -0.2) is 0 Å². The fraction of sp³-hybridized carbons (Fsp3) is 1.00. The second-order valence-electron chi connectivity index (χ2n) is 4.64. The third-order valence-corrected chi connectivity index (χ3v) is 2.01. The minimum atomic E-state index is 0.432. The lowest BCUT2D eigenvalue weighted by molar-refractivity contribution is 0.307. The maximum absolute atomic E-state index is 3.35. The summed E-state index contributed by atoms with van der Waals surface area (Å²) in [5.74, 6) is 0. The fourth-order valence-electron chi connectivity index (χ4n) is 1.41. The van der Waals surface area contributed by atoms with Crippen molar-refractivity contribution in [3.63, 3.8) is 0 Å². The molecule has 0 aromatic carbocycles. The molecule has 0 amide bonds. The third kappa shape index (κ3) is 6.62. The van der Waals surface area contributed by atoms with Crippen LogP contribution in [0.15, 0.2) is 0 Å². The van der Waals surface area contributed by atoms with E-state index in [-0.39, 0.29) is 0 Å². The minimum Gasteiger partial charge on any atom is -0.320 e. The van der Waals surface area contributed by atoms with Crippen LogP contribution < -0.4 is 10.6 Å². The van der Waals surface area contributed by atoms with Crippen molar-refractivity contribution < 1.29 is 0 Å². The van der Waals surface area contributed by atoms with Crippen molar-refractivity contribution in [3.05, 3.63) is 0 Å².